The average Bonchev–Trinajstić information content (AvgIpc) is 3.26. The third-order valence-corrected chi connectivity index (χ3v) is 4.95. The van der Waals surface area contributed by atoms with Gasteiger partial charge in [0.05, 0.1) is 28.7 Å². The van der Waals surface area contributed by atoms with Crippen LogP contribution in [0.4, 0.5) is 0 Å². The minimum Gasteiger partial charge on any atom is -0.381 e. The van der Waals surface area contributed by atoms with Crippen molar-refractivity contribution < 1.29 is 4.74 Å². The van der Waals surface area contributed by atoms with Crippen LogP contribution in [-0.4, -0.2) is 43.1 Å². The van der Waals surface area contributed by atoms with E-state index >= 15 is 0 Å². The molecule has 132 valence electrons. The summed E-state index contributed by atoms with van der Waals surface area (Å²) in [6.45, 7) is 1.58. The lowest BCUT2D eigenvalue weighted by Gasteiger charge is -2.22. The highest BCUT2D eigenvalue weighted by atomic mass is 16.5. The second-order valence-electron chi connectivity index (χ2n) is 6.69. The number of aromatic nitrogens is 6. The highest BCUT2D eigenvalue weighted by molar-refractivity contribution is 5.82. The topological polar surface area (TPSA) is 112 Å². The summed E-state index contributed by atoms with van der Waals surface area (Å²) in [7, 11) is 0. The van der Waals surface area contributed by atoms with E-state index in [1.807, 2.05) is 18.2 Å². The van der Waals surface area contributed by atoms with Crippen molar-refractivity contribution >= 4 is 22.3 Å². The number of ether oxygens (including phenoxy) is 1. The van der Waals surface area contributed by atoms with E-state index in [4.69, 9.17) is 14.7 Å². The summed E-state index contributed by atoms with van der Waals surface area (Å²) in [5.41, 5.74) is 5.20. The number of benzene rings is 1. The molecule has 1 saturated heterocycles. The summed E-state index contributed by atoms with van der Waals surface area (Å²) in [5, 5.41) is 0. The molecule has 0 radical (unpaired) electrons. The zero-order chi connectivity index (χ0) is 17.5. The first-order valence-corrected chi connectivity index (χ1v) is 8.76. The molecule has 0 aliphatic carbocycles. The van der Waals surface area contributed by atoms with Crippen LogP contribution < -0.4 is 5.69 Å². The zero-order valence-corrected chi connectivity index (χ0v) is 14.1. The van der Waals surface area contributed by atoms with Crippen LogP contribution in [0.15, 0.2) is 29.3 Å². The molecule has 8 heteroatoms. The molecule has 1 fully saturated rings. The zero-order valence-electron chi connectivity index (χ0n) is 14.1. The number of H-pyrrole nitrogens is 3. The molecule has 0 unspecified atom stereocenters. The normalized spacial score (nSPS) is 15.8. The van der Waals surface area contributed by atoms with Crippen LogP contribution in [0, 0.1) is 5.92 Å². The van der Waals surface area contributed by atoms with Gasteiger partial charge in [0.25, 0.3) is 0 Å². The van der Waals surface area contributed by atoms with Crippen LogP contribution in [0.5, 0.6) is 0 Å². The van der Waals surface area contributed by atoms with Gasteiger partial charge in [0.15, 0.2) is 11.3 Å². The summed E-state index contributed by atoms with van der Waals surface area (Å²) in [6.07, 6.45) is 4.52. The van der Waals surface area contributed by atoms with Gasteiger partial charge in [-0.2, -0.15) is 0 Å². The predicted octanol–water partition coefficient (Wildman–Crippen LogP) is 2.16. The summed E-state index contributed by atoms with van der Waals surface area (Å²) >= 11 is 0. The number of rotatable bonds is 3. The fourth-order valence-electron chi connectivity index (χ4n) is 3.57. The number of hydrogen-bond acceptors (Lipinski definition) is 5. The standard InChI is InChI=1S/C18H18N6O2/c25-18-23-16-17(24-18)22-15(11-1-2-12-13(8-11)20-9-19-12)14(21-16)7-10-3-5-26-6-4-10/h1-2,8-10H,3-7H2,(H,19,20)(H2,21,22,23,24,25). The Balaban J connectivity index is 1.64. The van der Waals surface area contributed by atoms with Crippen molar-refractivity contribution in [3.05, 3.63) is 40.7 Å². The molecule has 8 nitrogen and oxygen atoms in total. The van der Waals surface area contributed by atoms with Crippen LogP contribution in [0.25, 0.3) is 33.6 Å². The van der Waals surface area contributed by atoms with Gasteiger partial charge < -0.3 is 9.72 Å². The van der Waals surface area contributed by atoms with Gasteiger partial charge in [0.2, 0.25) is 0 Å². The van der Waals surface area contributed by atoms with E-state index in [1.165, 1.54) is 0 Å². The van der Waals surface area contributed by atoms with Gasteiger partial charge in [0, 0.05) is 18.8 Å². The van der Waals surface area contributed by atoms with Crippen molar-refractivity contribution in [2.24, 2.45) is 5.92 Å². The summed E-state index contributed by atoms with van der Waals surface area (Å²) in [6, 6.07) is 5.98. The Kier molecular flexibility index (Phi) is 3.56. The first-order valence-electron chi connectivity index (χ1n) is 8.76. The maximum absolute atomic E-state index is 11.7. The van der Waals surface area contributed by atoms with Crippen LogP contribution in [-0.2, 0) is 11.2 Å². The summed E-state index contributed by atoms with van der Waals surface area (Å²) in [4.78, 5) is 33.9. The lowest BCUT2D eigenvalue weighted by molar-refractivity contribution is 0.0663. The molecule has 0 amide bonds. The van der Waals surface area contributed by atoms with E-state index in [0.29, 0.717) is 17.2 Å². The predicted molar refractivity (Wildman–Crippen MR) is 96.8 cm³/mol. The second-order valence-corrected chi connectivity index (χ2v) is 6.69. The fraction of sp³-hybridized carbons (Fsp3) is 0.333. The molecule has 4 heterocycles. The number of aromatic amines is 3. The van der Waals surface area contributed by atoms with Gasteiger partial charge in [-0.05, 0) is 37.3 Å². The monoisotopic (exact) mass is 350 g/mol. The molecular formula is C18H18N6O2. The van der Waals surface area contributed by atoms with Gasteiger partial charge in [-0.25, -0.2) is 19.7 Å². The first-order chi connectivity index (χ1) is 12.8. The smallest absolute Gasteiger partial charge is 0.326 e. The molecule has 0 bridgehead atoms. The molecule has 26 heavy (non-hydrogen) atoms. The first kappa shape index (κ1) is 15.3. The van der Waals surface area contributed by atoms with Crippen LogP contribution in [0.3, 0.4) is 0 Å². The Morgan fingerprint density at radius 3 is 2.77 bits per heavy atom. The molecular weight excluding hydrogens is 332 g/mol. The van der Waals surface area contributed by atoms with E-state index in [1.54, 1.807) is 6.33 Å². The molecule has 4 aromatic rings. The lowest BCUT2D eigenvalue weighted by Crippen LogP contribution is -2.18. The van der Waals surface area contributed by atoms with Gasteiger partial charge in [-0.15, -0.1) is 0 Å². The molecule has 1 aliphatic rings. The van der Waals surface area contributed by atoms with E-state index in [0.717, 1.165) is 60.5 Å². The third-order valence-electron chi connectivity index (χ3n) is 4.95. The van der Waals surface area contributed by atoms with Gasteiger partial charge in [0.1, 0.15) is 0 Å². The van der Waals surface area contributed by atoms with Crippen molar-refractivity contribution in [3.63, 3.8) is 0 Å². The molecule has 0 atom stereocenters. The van der Waals surface area contributed by atoms with Crippen molar-refractivity contribution in [2.75, 3.05) is 13.2 Å². The van der Waals surface area contributed by atoms with Crippen molar-refractivity contribution in [2.45, 2.75) is 19.3 Å². The van der Waals surface area contributed by atoms with Crippen molar-refractivity contribution in [1.82, 2.24) is 29.9 Å². The molecule has 3 N–H and O–H groups in total. The van der Waals surface area contributed by atoms with Gasteiger partial charge in [-0.3, -0.25) is 9.97 Å². The minimum atomic E-state index is -0.293. The Hall–Kier alpha value is -3.00. The number of imidazole rings is 2. The Labute approximate surface area is 148 Å². The Morgan fingerprint density at radius 2 is 1.92 bits per heavy atom. The van der Waals surface area contributed by atoms with Crippen molar-refractivity contribution in [3.8, 4) is 11.3 Å². The second kappa shape index (κ2) is 6.06. The SMILES string of the molecule is O=c1[nH]c2nc(CC3CCOCC3)c(-c3ccc4nc[nH]c4c3)nc2[nH]1. The molecule has 1 aromatic carbocycles. The number of nitrogens with one attached hydrogen (secondary N) is 3. The Morgan fingerprint density at radius 1 is 1.12 bits per heavy atom. The number of nitrogens with zero attached hydrogens (tertiary/aromatic N) is 3. The third kappa shape index (κ3) is 2.68. The van der Waals surface area contributed by atoms with E-state index in [-0.39, 0.29) is 5.69 Å². The van der Waals surface area contributed by atoms with Crippen LogP contribution in [0.2, 0.25) is 0 Å². The fourth-order valence-corrected chi connectivity index (χ4v) is 3.57. The molecule has 1 aliphatic heterocycles. The molecule has 0 saturated carbocycles. The lowest BCUT2D eigenvalue weighted by atomic mass is 9.93. The minimum absolute atomic E-state index is 0.293. The molecule has 0 spiro atoms. The maximum Gasteiger partial charge on any atom is 0.326 e. The van der Waals surface area contributed by atoms with Crippen LogP contribution >= 0.6 is 0 Å². The van der Waals surface area contributed by atoms with Gasteiger partial charge in [-0.1, -0.05) is 6.07 Å². The summed E-state index contributed by atoms with van der Waals surface area (Å²) in [5.74, 6) is 0.510. The Bertz CT molecular complexity index is 1140. The molecule has 3 aromatic heterocycles. The van der Waals surface area contributed by atoms with Crippen molar-refractivity contribution in [1.29, 1.82) is 0 Å². The van der Waals surface area contributed by atoms with Gasteiger partial charge >= 0.3 is 5.69 Å². The average molecular weight is 350 g/mol. The van der Waals surface area contributed by atoms with Crippen LogP contribution in [0.1, 0.15) is 18.5 Å². The van der Waals surface area contributed by atoms with E-state index < -0.39 is 0 Å². The number of hydrogen-bond donors (Lipinski definition) is 3. The largest absolute Gasteiger partial charge is 0.381 e. The number of fused-ring (bicyclic) bond motifs is 2. The highest BCUT2D eigenvalue weighted by Gasteiger charge is 2.20. The van der Waals surface area contributed by atoms with E-state index in [9.17, 15) is 4.79 Å². The highest BCUT2D eigenvalue weighted by Crippen LogP contribution is 2.28. The quantitative estimate of drug-likeness (QED) is 0.524. The summed E-state index contributed by atoms with van der Waals surface area (Å²) < 4.78 is 5.47. The molecule has 5 rings (SSSR count). The van der Waals surface area contributed by atoms with E-state index in [2.05, 4.69) is 19.9 Å². The maximum atomic E-state index is 11.7.